The Morgan fingerprint density at radius 1 is 1.50 bits per heavy atom. The van der Waals surface area contributed by atoms with Crippen LogP contribution in [0.25, 0.3) is 0 Å². The Morgan fingerprint density at radius 3 is 2.58 bits per heavy atom. The van der Waals surface area contributed by atoms with E-state index < -0.39 is 0 Å². The molecule has 0 aromatic carbocycles. The maximum absolute atomic E-state index is 2.61. The fourth-order valence-corrected chi connectivity index (χ4v) is 3.15. The van der Waals surface area contributed by atoms with E-state index in [-0.39, 0.29) is 0 Å². The second-order valence-electron chi connectivity index (χ2n) is 4.01. The van der Waals surface area contributed by atoms with Crippen molar-refractivity contribution in [3.8, 4) is 0 Å². The highest BCUT2D eigenvalue weighted by Crippen LogP contribution is 2.33. The zero-order chi connectivity index (χ0) is 9.14. The van der Waals surface area contributed by atoms with Crippen molar-refractivity contribution in [3.63, 3.8) is 0 Å². The molecule has 1 nitrogen and oxygen atoms in total. The molecule has 72 valence electrons. The first-order valence-electron chi connectivity index (χ1n) is 5.04. The number of thioether (sulfide) groups is 1. The Balaban J connectivity index is 2.39. The third kappa shape index (κ3) is 2.40. The van der Waals surface area contributed by atoms with Crippen molar-refractivity contribution in [3.05, 3.63) is 0 Å². The third-order valence-electron chi connectivity index (χ3n) is 2.55. The van der Waals surface area contributed by atoms with Gasteiger partial charge >= 0.3 is 0 Å². The van der Waals surface area contributed by atoms with Crippen molar-refractivity contribution in [2.75, 3.05) is 13.1 Å². The van der Waals surface area contributed by atoms with Crippen LogP contribution in [0.1, 0.15) is 34.1 Å². The Hall–Kier alpha value is 0.310. The maximum Gasteiger partial charge on any atom is 0.0532 e. The van der Waals surface area contributed by atoms with Gasteiger partial charge in [-0.05, 0) is 25.8 Å². The van der Waals surface area contributed by atoms with Crippen LogP contribution in [-0.2, 0) is 0 Å². The largest absolute Gasteiger partial charge is 0.291 e. The molecule has 0 amide bonds. The van der Waals surface area contributed by atoms with E-state index in [4.69, 9.17) is 0 Å². The molecule has 1 heterocycles. The van der Waals surface area contributed by atoms with Crippen LogP contribution in [0.2, 0.25) is 0 Å². The van der Waals surface area contributed by atoms with E-state index in [9.17, 15) is 0 Å². The quantitative estimate of drug-likeness (QED) is 0.668. The molecule has 1 aliphatic heterocycles. The Labute approximate surface area is 80.9 Å². The fourth-order valence-electron chi connectivity index (χ4n) is 1.69. The highest BCUT2D eigenvalue weighted by Gasteiger charge is 2.30. The Morgan fingerprint density at radius 2 is 2.17 bits per heavy atom. The standard InChI is InChI=1S/C10H21NS/c1-5-6-11-7-10(8(2)3)12-9(11)4/h8-10H,5-7H2,1-4H3. The summed E-state index contributed by atoms with van der Waals surface area (Å²) >= 11 is 2.15. The van der Waals surface area contributed by atoms with Crippen LogP contribution < -0.4 is 0 Å². The summed E-state index contributed by atoms with van der Waals surface area (Å²) in [7, 11) is 0. The summed E-state index contributed by atoms with van der Waals surface area (Å²) in [5.41, 5.74) is 0. The minimum atomic E-state index is 0.748. The van der Waals surface area contributed by atoms with Crippen LogP contribution in [0.3, 0.4) is 0 Å². The van der Waals surface area contributed by atoms with E-state index in [0.29, 0.717) is 0 Å². The fraction of sp³-hybridized carbons (Fsp3) is 1.00. The van der Waals surface area contributed by atoms with Gasteiger partial charge in [0.2, 0.25) is 0 Å². The van der Waals surface area contributed by atoms with Gasteiger partial charge in [0.05, 0.1) is 5.37 Å². The lowest BCUT2D eigenvalue weighted by molar-refractivity contribution is 0.279. The average molecular weight is 187 g/mol. The first-order valence-corrected chi connectivity index (χ1v) is 5.99. The zero-order valence-electron chi connectivity index (χ0n) is 8.71. The third-order valence-corrected chi connectivity index (χ3v) is 4.29. The van der Waals surface area contributed by atoms with Gasteiger partial charge in [-0.2, -0.15) is 0 Å². The summed E-state index contributed by atoms with van der Waals surface area (Å²) in [6, 6.07) is 0. The van der Waals surface area contributed by atoms with Gasteiger partial charge in [0.15, 0.2) is 0 Å². The van der Waals surface area contributed by atoms with Gasteiger partial charge < -0.3 is 0 Å². The summed E-state index contributed by atoms with van der Waals surface area (Å²) in [6.45, 7) is 11.8. The van der Waals surface area contributed by atoms with Crippen LogP contribution in [0, 0.1) is 5.92 Å². The van der Waals surface area contributed by atoms with Crippen molar-refractivity contribution in [1.29, 1.82) is 0 Å². The Bertz CT molecular complexity index is 136. The molecule has 0 spiro atoms. The molecule has 0 bridgehead atoms. The van der Waals surface area contributed by atoms with Gasteiger partial charge in [-0.3, -0.25) is 4.90 Å². The first kappa shape index (κ1) is 10.4. The molecule has 1 aliphatic rings. The topological polar surface area (TPSA) is 3.24 Å². The minimum absolute atomic E-state index is 0.748. The molecule has 2 atom stereocenters. The molecule has 2 heteroatoms. The number of rotatable bonds is 3. The van der Waals surface area contributed by atoms with E-state index >= 15 is 0 Å². The lowest BCUT2D eigenvalue weighted by atomic mass is 10.1. The second kappa shape index (κ2) is 4.52. The van der Waals surface area contributed by atoms with Crippen molar-refractivity contribution in [2.24, 2.45) is 5.92 Å². The van der Waals surface area contributed by atoms with Crippen molar-refractivity contribution in [2.45, 2.75) is 44.7 Å². The molecule has 1 saturated heterocycles. The minimum Gasteiger partial charge on any atom is -0.291 e. The molecule has 0 aromatic rings. The molecular weight excluding hydrogens is 166 g/mol. The lowest BCUT2D eigenvalue weighted by Crippen LogP contribution is -2.28. The second-order valence-corrected chi connectivity index (χ2v) is 5.57. The molecule has 0 saturated carbocycles. The SMILES string of the molecule is CCCN1CC(C(C)C)SC1C. The Kier molecular flexibility index (Phi) is 3.91. The van der Waals surface area contributed by atoms with E-state index in [1.807, 2.05) is 0 Å². The monoisotopic (exact) mass is 187 g/mol. The number of hydrogen-bond acceptors (Lipinski definition) is 2. The van der Waals surface area contributed by atoms with Crippen molar-refractivity contribution < 1.29 is 0 Å². The normalized spacial score (nSPS) is 31.8. The molecule has 2 unspecified atom stereocenters. The zero-order valence-corrected chi connectivity index (χ0v) is 9.53. The predicted molar refractivity (Wildman–Crippen MR) is 57.5 cm³/mol. The van der Waals surface area contributed by atoms with Crippen molar-refractivity contribution in [1.82, 2.24) is 4.90 Å². The van der Waals surface area contributed by atoms with E-state index in [2.05, 4.69) is 44.4 Å². The lowest BCUT2D eigenvalue weighted by Gasteiger charge is -2.18. The van der Waals surface area contributed by atoms with Gasteiger partial charge in [0.25, 0.3) is 0 Å². The summed E-state index contributed by atoms with van der Waals surface area (Å²) in [5.74, 6) is 0.833. The summed E-state index contributed by atoms with van der Waals surface area (Å²) in [4.78, 5) is 2.61. The predicted octanol–water partition coefficient (Wildman–Crippen LogP) is 2.82. The van der Waals surface area contributed by atoms with Crippen LogP contribution in [0.5, 0.6) is 0 Å². The van der Waals surface area contributed by atoms with E-state index in [1.54, 1.807) is 0 Å². The van der Waals surface area contributed by atoms with Gasteiger partial charge in [0, 0.05) is 11.8 Å². The smallest absolute Gasteiger partial charge is 0.0532 e. The van der Waals surface area contributed by atoms with Crippen LogP contribution in [0.4, 0.5) is 0 Å². The molecular formula is C10H21NS. The molecule has 12 heavy (non-hydrogen) atoms. The van der Waals surface area contributed by atoms with E-state index in [0.717, 1.165) is 16.5 Å². The molecule has 0 N–H and O–H groups in total. The first-order chi connectivity index (χ1) is 5.65. The number of hydrogen-bond donors (Lipinski definition) is 0. The van der Waals surface area contributed by atoms with Gasteiger partial charge in [-0.15, -0.1) is 11.8 Å². The molecule has 1 fully saturated rings. The van der Waals surface area contributed by atoms with Crippen LogP contribution >= 0.6 is 11.8 Å². The van der Waals surface area contributed by atoms with Crippen LogP contribution in [-0.4, -0.2) is 28.6 Å². The molecule has 0 aromatic heterocycles. The number of nitrogens with zero attached hydrogens (tertiary/aromatic N) is 1. The highest BCUT2D eigenvalue weighted by molar-refractivity contribution is 8.00. The molecule has 1 rings (SSSR count). The van der Waals surface area contributed by atoms with Gasteiger partial charge in [-0.25, -0.2) is 0 Å². The van der Waals surface area contributed by atoms with Gasteiger partial charge in [-0.1, -0.05) is 20.8 Å². The van der Waals surface area contributed by atoms with Gasteiger partial charge in [0.1, 0.15) is 0 Å². The molecule has 0 aliphatic carbocycles. The maximum atomic E-state index is 2.61. The van der Waals surface area contributed by atoms with Crippen molar-refractivity contribution >= 4 is 11.8 Å². The average Bonchev–Trinajstić information content (AvgIpc) is 2.34. The summed E-state index contributed by atoms with van der Waals surface area (Å²) in [5, 5.41) is 1.61. The summed E-state index contributed by atoms with van der Waals surface area (Å²) < 4.78 is 0. The van der Waals surface area contributed by atoms with E-state index in [1.165, 1.54) is 19.5 Å². The highest BCUT2D eigenvalue weighted by atomic mass is 32.2. The summed E-state index contributed by atoms with van der Waals surface area (Å²) in [6.07, 6.45) is 1.29. The van der Waals surface area contributed by atoms with Crippen LogP contribution in [0.15, 0.2) is 0 Å². The molecule has 0 radical (unpaired) electrons.